The minimum Gasteiger partial charge on any atom is -0.477 e. The number of thiazole rings is 1. The Balaban J connectivity index is 3.00. The number of carbonyl (C=O) groups is 1. The summed E-state index contributed by atoms with van der Waals surface area (Å²) in [6.45, 7) is 1.86. The van der Waals surface area contributed by atoms with Gasteiger partial charge in [0.25, 0.3) is 0 Å². The molecule has 0 radical (unpaired) electrons. The van der Waals surface area contributed by atoms with Crippen LogP contribution in [0, 0.1) is 18.3 Å². The van der Waals surface area contributed by atoms with E-state index in [0.29, 0.717) is 5.01 Å². The van der Waals surface area contributed by atoms with E-state index in [9.17, 15) is 4.79 Å². The van der Waals surface area contributed by atoms with Crippen molar-refractivity contribution in [2.45, 2.75) is 6.92 Å². The third-order valence-corrected chi connectivity index (χ3v) is 2.12. The van der Waals surface area contributed by atoms with Crippen molar-refractivity contribution in [3.05, 3.63) is 21.7 Å². The van der Waals surface area contributed by atoms with Crippen molar-refractivity contribution in [2.24, 2.45) is 0 Å². The summed E-state index contributed by atoms with van der Waals surface area (Å²) in [5.74, 6) is -1.23. The van der Waals surface area contributed by atoms with Gasteiger partial charge < -0.3 is 5.11 Å². The molecule has 0 atom stereocenters. The number of nitriles is 1. The van der Waals surface area contributed by atoms with Crippen molar-refractivity contribution in [3.63, 3.8) is 0 Å². The van der Waals surface area contributed by atoms with Crippen LogP contribution in [0.3, 0.4) is 0 Å². The number of rotatable bonds is 2. The van der Waals surface area contributed by atoms with Crippen molar-refractivity contribution < 1.29 is 9.90 Å². The van der Waals surface area contributed by atoms with Crippen LogP contribution >= 0.6 is 11.3 Å². The lowest BCUT2D eigenvalue weighted by Crippen LogP contribution is -1.96. The van der Waals surface area contributed by atoms with Crippen molar-refractivity contribution in [1.82, 2.24) is 4.98 Å². The lowest BCUT2D eigenvalue weighted by molar-refractivity contribution is -0.132. The Hall–Kier alpha value is -1.67. The second kappa shape index (κ2) is 3.83. The van der Waals surface area contributed by atoms with Gasteiger partial charge in [-0.3, -0.25) is 0 Å². The highest BCUT2D eigenvalue weighted by Crippen LogP contribution is 2.14. The first-order valence-corrected chi connectivity index (χ1v) is 4.22. The Kier molecular flexibility index (Phi) is 2.77. The van der Waals surface area contributed by atoms with Crippen molar-refractivity contribution >= 4 is 23.4 Å². The van der Waals surface area contributed by atoms with Crippen LogP contribution in [0.1, 0.15) is 9.88 Å². The maximum Gasteiger partial charge on any atom is 0.346 e. The molecule has 0 fully saturated rings. The standard InChI is InChI=1S/C8H6N2O2S/c1-5-4-10-7(13-5)2-6(3-9)8(11)12/h2,4H,1H3,(H,11,12)/b6-2-. The van der Waals surface area contributed by atoms with Gasteiger partial charge >= 0.3 is 5.97 Å². The highest BCUT2D eigenvalue weighted by atomic mass is 32.1. The van der Waals surface area contributed by atoms with E-state index in [-0.39, 0.29) is 5.57 Å². The van der Waals surface area contributed by atoms with E-state index < -0.39 is 5.97 Å². The van der Waals surface area contributed by atoms with Gasteiger partial charge in [0.15, 0.2) is 0 Å². The van der Waals surface area contributed by atoms with Gasteiger partial charge in [0.1, 0.15) is 16.6 Å². The third-order valence-electron chi connectivity index (χ3n) is 1.26. The van der Waals surface area contributed by atoms with Crippen LogP contribution < -0.4 is 0 Å². The summed E-state index contributed by atoms with van der Waals surface area (Å²) in [5, 5.41) is 17.5. The number of nitrogens with zero attached hydrogens (tertiary/aromatic N) is 2. The molecule has 4 nitrogen and oxygen atoms in total. The van der Waals surface area contributed by atoms with E-state index in [2.05, 4.69) is 4.98 Å². The minimum atomic E-state index is -1.23. The molecular weight excluding hydrogens is 188 g/mol. The summed E-state index contributed by atoms with van der Waals surface area (Å²) in [7, 11) is 0. The van der Waals surface area contributed by atoms with Crippen molar-refractivity contribution in [1.29, 1.82) is 5.26 Å². The van der Waals surface area contributed by atoms with Gasteiger partial charge in [-0.25, -0.2) is 9.78 Å². The zero-order valence-electron chi connectivity index (χ0n) is 6.81. The van der Waals surface area contributed by atoms with Gasteiger partial charge in [-0.05, 0) is 13.0 Å². The van der Waals surface area contributed by atoms with Crippen LogP contribution in [-0.4, -0.2) is 16.1 Å². The monoisotopic (exact) mass is 194 g/mol. The number of hydrogen-bond donors (Lipinski definition) is 1. The van der Waals surface area contributed by atoms with E-state index >= 15 is 0 Å². The van der Waals surface area contributed by atoms with Gasteiger partial charge in [-0.2, -0.15) is 5.26 Å². The molecule has 1 aromatic rings. The largest absolute Gasteiger partial charge is 0.477 e. The second-order valence-electron chi connectivity index (χ2n) is 2.28. The zero-order chi connectivity index (χ0) is 9.84. The average Bonchev–Trinajstić information content (AvgIpc) is 2.46. The molecule has 13 heavy (non-hydrogen) atoms. The Morgan fingerprint density at radius 1 is 1.85 bits per heavy atom. The van der Waals surface area contributed by atoms with E-state index in [1.807, 2.05) is 6.92 Å². The fourth-order valence-corrected chi connectivity index (χ4v) is 1.42. The van der Waals surface area contributed by atoms with Crippen molar-refractivity contribution in [2.75, 3.05) is 0 Å². The van der Waals surface area contributed by atoms with E-state index in [0.717, 1.165) is 4.88 Å². The molecule has 0 saturated heterocycles. The Morgan fingerprint density at radius 2 is 2.54 bits per heavy atom. The number of aromatic nitrogens is 1. The van der Waals surface area contributed by atoms with E-state index in [1.54, 1.807) is 12.3 Å². The van der Waals surface area contributed by atoms with Crippen molar-refractivity contribution in [3.8, 4) is 6.07 Å². The van der Waals surface area contributed by atoms with Crippen LogP contribution in [0.15, 0.2) is 11.8 Å². The average molecular weight is 194 g/mol. The molecule has 1 N–H and O–H groups in total. The fourth-order valence-electron chi connectivity index (χ4n) is 0.704. The number of aliphatic carboxylic acids is 1. The zero-order valence-corrected chi connectivity index (χ0v) is 7.63. The Labute approximate surface area is 78.8 Å². The van der Waals surface area contributed by atoms with E-state index in [4.69, 9.17) is 10.4 Å². The van der Waals surface area contributed by atoms with Crippen LogP contribution in [-0.2, 0) is 4.79 Å². The van der Waals surface area contributed by atoms with Crippen LogP contribution in [0.4, 0.5) is 0 Å². The van der Waals surface area contributed by atoms with Crippen LogP contribution in [0.5, 0.6) is 0 Å². The molecule has 0 aromatic carbocycles. The summed E-state index contributed by atoms with van der Waals surface area (Å²) in [6, 6.07) is 1.59. The first-order chi connectivity index (χ1) is 6.13. The molecule has 1 aromatic heterocycles. The SMILES string of the molecule is Cc1cnc(/C=C(/C#N)C(=O)O)s1. The molecule has 0 aliphatic carbocycles. The highest BCUT2D eigenvalue weighted by Gasteiger charge is 2.06. The lowest BCUT2D eigenvalue weighted by atomic mass is 10.3. The number of aryl methyl sites for hydroxylation is 1. The third kappa shape index (κ3) is 2.39. The number of carboxylic acids is 1. The van der Waals surface area contributed by atoms with Gasteiger partial charge in [-0.1, -0.05) is 0 Å². The maximum atomic E-state index is 10.4. The van der Waals surface area contributed by atoms with Crippen LogP contribution in [0.25, 0.3) is 6.08 Å². The molecule has 0 spiro atoms. The first kappa shape index (κ1) is 9.42. The molecule has 0 bridgehead atoms. The molecule has 0 aliphatic rings. The molecule has 5 heteroatoms. The molecule has 0 saturated carbocycles. The fraction of sp³-hybridized carbons (Fsp3) is 0.125. The topological polar surface area (TPSA) is 74.0 Å². The summed E-state index contributed by atoms with van der Waals surface area (Å²) < 4.78 is 0. The lowest BCUT2D eigenvalue weighted by Gasteiger charge is -1.86. The number of carboxylic acid groups (broad SMARTS) is 1. The molecule has 66 valence electrons. The quantitative estimate of drug-likeness (QED) is 0.571. The second-order valence-corrected chi connectivity index (χ2v) is 3.55. The van der Waals surface area contributed by atoms with Gasteiger partial charge in [0, 0.05) is 11.1 Å². The van der Waals surface area contributed by atoms with Gasteiger partial charge in [-0.15, -0.1) is 11.3 Å². The molecule has 0 unspecified atom stereocenters. The Bertz CT molecular complexity index is 401. The highest BCUT2D eigenvalue weighted by molar-refractivity contribution is 7.12. The summed E-state index contributed by atoms with van der Waals surface area (Å²) in [4.78, 5) is 15.3. The van der Waals surface area contributed by atoms with Gasteiger partial charge in [0.2, 0.25) is 0 Å². The van der Waals surface area contributed by atoms with Gasteiger partial charge in [0.05, 0.1) is 0 Å². The predicted octanol–water partition coefficient (Wildman–Crippen LogP) is 1.44. The maximum absolute atomic E-state index is 10.4. The summed E-state index contributed by atoms with van der Waals surface area (Å²) >= 11 is 1.35. The molecule has 1 heterocycles. The smallest absolute Gasteiger partial charge is 0.346 e. The molecular formula is C8H6N2O2S. The van der Waals surface area contributed by atoms with E-state index in [1.165, 1.54) is 17.4 Å². The summed E-state index contributed by atoms with van der Waals surface area (Å²) in [6.07, 6.45) is 2.90. The number of hydrogen-bond acceptors (Lipinski definition) is 4. The van der Waals surface area contributed by atoms with Crippen LogP contribution in [0.2, 0.25) is 0 Å². The molecule has 0 amide bonds. The first-order valence-electron chi connectivity index (χ1n) is 3.41. The minimum absolute atomic E-state index is 0.297. The molecule has 0 aliphatic heterocycles. The normalized spacial score (nSPS) is 10.9. The molecule has 1 rings (SSSR count). The predicted molar refractivity (Wildman–Crippen MR) is 48.1 cm³/mol. The summed E-state index contributed by atoms with van der Waals surface area (Å²) in [5.41, 5.74) is -0.297. The Morgan fingerprint density at radius 3 is 2.92 bits per heavy atom.